The first-order chi connectivity index (χ1) is 14.0. The number of rotatable bonds is 6. The molecule has 0 saturated heterocycles. The fourth-order valence-electron chi connectivity index (χ4n) is 4.17. The number of benzene rings is 2. The Bertz CT molecular complexity index is 1080. The largest absolute Gasteiger partial charge is 0.350 e. The summed E-state index contributed by atoms with van der Waals surface area (Å²) in [5.41, 5.74) is 1.45. The molecule has 1 aliphatic carbocycles. The average molecular weight is 389 g/mol. The lowest BCUT2D eigenvalue weighted by molar-refractivity contribution is 0.0922. The van der Waals surface area contributed by atoms with Crippen LogP contribution in [-0.4, -0.2) is 22.2 Å². The van der Waals surface area contributed by atoms with Gasteiger partial charge in [-0.1, -0.05) is 68.8 Å². The van der Waals surface area contributed by atoms with Crippen LogP contribution in [0.1, 0.15) is 49.2 Å². The van der Waals surface area contributed by atoms with E-state index in [1.54, 1.807) is 12.1 Å². The van der Waals surface area contributed by atoms with Crippen molar-refractivity contribution < 1.29 is 4.79 Å². The summed E-state index contributed by atoms with van der Waals surface area (Å²) in [7, 11) is 0. The second kappa shape index (κ2) is 7.82. The Morgan fingerprint density at radius 2 is 1.72 bits per heavy atom. The van der Waals surface area contributed by atoms with E-state index in [-0.39, 0.29) is 22.8 Å². The third-order valence-electron chi connectivity index (χ3n) is 5.91. The highest BCUT2D eigenvalue weighted by molar-refractivity contribution is 6.04. The summed E-state index contributed by atoms with van der Waals surface area (Å²) in [4.78, 5) is 25.9. The lowest BCUT2D eigenvalue weighted by atomic mass is 9.64. The molecule has 1 aromatic heterocycles. The minimum atomic E-state index is -0.221. The topological polar surface area (TPSA) is 64.0 Å². The Labute approximate surface area is 170 Å². The first kappa shape index (κ1) is 19.4. The lowest BCUT2D eigenvalue weighted by Gasteiger charge is -2.42. The van der Waals surface area contributed by atoms with E-state index in [4.69, 9.17) is 0 Å². The van der Waals surface area contributed by atoms with E-state index in [0.717, 1.165) is 12.8 Å². The van der Waals surface area contributed by atoms with Gasteiger partial charge in [-0.15, -0.1) is 0 Å². The van der Waals surface area contributed by atoms with Crippen molar-refractivity contribution in [2.45, 2.75) is 45.1 Å². The van der Waals surface area contributed by atoms with Crippen LogP contribution < -0.4 is 10.9 Å². The zero-order valence-corrected chi connectivity index (χ0v) is 17.0. The fraction of sp³-hybridized carbons (Fsp3) is 0.375. The minimum Gasteiger partial charge on any atom is -0.350 e. The number of aromatic nitrogens is 2. The Kier molecular flexibility index (Phi) is 5.22. The number of hydrogen-bond donors (Lipinski definition) is 1. The maximum atomic E-state index is 13.1. The van der Waals surface area contributed by atoms with Gasteiger partial charge in [0.2, 0.25) is 0 Å². The molecule has 1 saturated carbocycles. The molecule has 3 aromatic rings. The molecule has 29 heavy (non-hydrogen) atoms. The van der Waals surface area contributed by atoms with E-state index in [2.05, 4.69) is 22.5 Å². The van der Waals surface area contributed by atoms with E-state index in [0.29, 0.717) is 29.6 Å². The van der Waals surface area contributed by atoms with E-state index in [9.17, 15) is 9.59 Å². The summed E-state index contributed by atoms with van der Waals surface area (Å²) in [5.74, 6) is 0.0366. The van der Waals surface area contributed by atoms with Crippen LogP contribution in [0, 0.1) is 5.92 Å². The van der Waals surface area contributed by atoms with Gasteiger partial charge in [-0.2, -0.15) is 5.10 Å². The highest BCUT2D eigenvalue weighted by Gasteiger charge is 2.39. The molecule has 1 N–H and O–H groups in total. The van der Waals surface area contributed by atoms with Crippen molar-refractivity contribution in [3.8, 4) is 0 Å². The molecule has 0 atom stereocenters. The van der Waals surface area contributed by atoms with Crippen molar-refractivity contribution in [1.29, 1.82) is 0 Å². The average Bonchev–Trinajstić information content (AvgIpc) is 2.70. The van der Waals surface area contributed by atoms with E-state index in [1.165, 1.54) is 16.7 Å². The summed E-state index contributed by atoms with van der Waals surface area (Å²) in [6.45, 7) is 5.12. The first-order valence-corrected chi connectivity index (χ1v) is 10.3. The molecule has 5 nitrogen and oxygen atoms in total. The molecule has 1 fully saturated rings. The van der Waals surface area contributed by atoms with Crippen LogP contribution in [0.5, 0.6) is 0 Å². The number of nitrogens with zero attached hydrogens (tertiary/aromatic N) is 2. The highest BCUT2D eigenvalue weighted by Crippen LogP contribution is 2.43. The summed E-state index contributed by atoms with van der Waals surface area (Å²) < 4.78 is 1.43. The number of nitrogens with one attached hydrogen (secondary N) is 1. The Morgan fingerprint density at radius 1 is 1.07 bits per heavy atom. The van der Waals surface area contributed by atoms with Crippen LogP contribution in [0.3, 0.4) is 0 Å². The number of carbonyl (C=O) groups is 1. The van der Waals surface area contributed by atoms with Gasteiger partial charge in [0.15, 0.2) is 5.69 Å². The smallest absolute Gasteiger partial charge is 0.274 e. The Morgan fingerprint density at radius 3 is 2.34 bits per heavy atom. The molecule has 4 rings (SSSR count). The van der Waals surface area contributed by atoms with Crippen molar-refractivity contribution >= 4 is 16.7 Å². The normalized spacial score (nSPS) is 15.3. The summed E-state index contributed by atoms with van der Waals surface area (Å²) in [6.07, 6.45) is 3.31. The minimum absolute atomic E-state index is 0.000889. The third-order valence-corrected chi connectivity index (χ3v) is 5.91. The zero-order chi connectivity index (χ0) is 20.4. The van der Waals surface area contributed by atoms with Gasteiger partial charge in [0, 0.05) is 23.9 Å². The van der Waals surface area contributed by atoms with Gasteiger partial charge in [0.25, 0.3) is 11.5 Å². The predicted octanol–water partition coefficient (Wildman–Crippen LogP) is 3.90. The molecule has 5 heteroatoms. The molecular weight excluding hydrogens is 362 g/mol. The van der Waals surface area contributed by atoms with Crippen LogP contribution in [0.2, 0.25) is 0 Å². The van der Waals surface area contributed by atoms with Crippen LogP contribution in [-0.2, 0) is 12.0 Å². The van der Waals surface area contributed by atoms with Crippen LogP contribution in [0.15, 0.2) is 59.4 Å². The maximum absolute atomic E-state index is 13.1. The molecule has 0 aliphatic heterocycles. The van der Waals surface area contributed by atoms with Crippen LogP contribution >= 0.6 is 0 Å². The van der Waals surface area contributed by atoms with E-state index >= 15 is 0 Å². The van der Waals surface area contributed by atoms with Gasteiger partial charge in [0.1, 0.15) is 0 Å². The second-order valence-corrected chi connectivity index (χ2v) is 8.46. The molecule has 0 radical (unpaired) electrons. The molecule has 0 unspecified atom stereocenters. The monoisotopic (exact) mass is 389 g/mol. The molecule has 1 amide bonds. The van der Waals surface area contributed by atoms with Gasteiger partial charge in [-0.3, -0.25) is 9.59 Å². The van der Waals surface area contributed by atoms with Gasteiger partial charge < -0.3 is 5.32 Å². The number of hydrogen-bond acceptors (Lipinski definition) is 3. The maximum Gasteiger partial charge on any atom is 0.274 e. The molecule has 150 valence electrons. The Balaban J connectivity index is 1.65. The first-order valence-electron chi connectivity index (χ1n) is 10.3. The lowest BCUT2D eigenvalue weighted by Crippen LogP contribution is -2.46. The predicted molar refractivity (Wildman–Crippen MR) is 115 cm³/mol. The number of amides is 1. The molecule has 1 heterocycles. The molecule has 0 bridgehead atoms. The summed E-state index contributed by atoms with van der Waals surface area (Å²) >= 11 is 0. The van der Waals surface area contributed by atoms with Gasteiger partial charge in [0.05, 0.1) is 5.39 Å². The van der Waals surface area contributed by atoms with Gasteiger partial charge in [-0.05, 0) is 30.4 Å². The highest BCUT2D eigenvalue weighted by atomic mass is 16.2. The van der Waals surface area contributed by atoms with Crippen molar-refractivity contribution in [1.82, 2.24) is 15.1 Å². The molecule has 2 aromatic carbocycles. The summed E-state index contributed by atoms with van der Waals surface area (Å²) in [6, 6.07) is 17.6. The molecule has 0 spiro atoms. The quantitative estimate of drug-likeness (QED) is 0.695. The van der Waals surface area contributed by atoms with Crippen molar-refractivity contribution in [3.05, 3.63) is 76.2 Å². The van der Waals surface area contributed by atoms with Crippen molar-refractivity contribution in [2.24, 2.45) is 5.92 Å². The van der Waals surface area contributed by atoms with E-state index in [1.807, 2.05) is 44.2 Å². The second-order valence-electron chi connectivity index (χ2n) is 8.46. The SMILES string of the molecule is CC(C)Cn1nc(C(=O)NCC2(c3ccccc3)CCC2)c2ccccc2c1=O. The number of fused-ring (bicyclic) bond motifs is 1. The van der Waals surface area contributed by atoms with Crippen LogP contribution in [0.4, 0.5) is 0 Å². The zero-order valence-electron chi connectivity index (χ0n) is 17.0. The molecular formula is C24H27N3O2. The van der Waals surface area contributed by atoms with Gasteiger partial charge >= 0.3 is 0 Å². The fourth-order valence-corrected chi connectivity index (χ4v) is 4.17. The Hall–Kier alpha value is -2.95. The van der Waals surface area contributed by atoms with Gasteiger partial charge in [-0.25, -0.2) is 4.68 Å². The summed E-state index contributed by atoms with van der Waals surface area (Å²) in [5, 5.41) is 8.71. The standard InChI is InChI=1S/C24H27N3O2/c1-17(2)15-27-23(29)20-12-7-6-11-19(20)21(26-27)22(28)25-16-24(13-8-14-24)18-9-4-3-5-10-18/h3-7,9-12,17H,8,13-16H2,1-2H3,(H,25,28). The van der Waals surface area contributed by atoms with Crippen LogP contribution in [0.25, 0.3) is 10.8 Å². The third kappa shape index (κ3) is 3.69. The van der Waals surface area contributed by atoms with Crippen molar-refractivity contribution in [3.63, 3.8) is 0 Å². The molecule has 1 aliphatic rings. The number of carbonyl (C=O) groups excluding carboxylic acids is 1. The van der Waals surface area contributed by atoms with E-state index < -0.39 is 0 Å². The van der Waals surface area contributed by atoms with Crippen molar-refractivity contribution in [2.75, 3.05) is 6.54 Å².